The standard InChI is InChI=1S/C20H16O3/c21-20(18-13-17(18)19-7-4-12-22-19)23-16-10-8-15(9-11-16)14-5-2-1-3-6-14/h1-12,17-18H,13H2. The van der Waals surface area contributed by atoms with Gasteiger partial charge in [-0.3, -0.25) is 4.79 Å². The van der Waals surface area contributed by atoms with E-state index in [2.05, 4.69) is 12.1 Å². The first-order valence-corrected chi connectivity index (χ1v) is 7.72. The van der Waals surface area contributed by atoms with Gasteiger partial charge < -0.3 is 9.15 Å². The molecule has 4 rings (SSSR count). The van der Waals surface area contributed by atoms with Gasteiger partial charge >= 0.3 is 5.97 Å². The van der Waals surface area contributed by atoms with Gasteiger partial charge in [0.25, 0.3) is 0 Å². The summed E-state index contributed by atoms with van der Waals surface area (Å²) >= 11 is 0. The van der Waals surface area contributed by atoms with Crippen molar-refractivity contribution in [1.29, 1.82) is 0 Å². The molecular weight excluding hydrogens is 288 g/mol. The van der Waals surface area contributed by atoms with Crippen molar-refractivity contribution in [3.8, 4) is 16.9 Å². The van der Waals surface area contributed by atoms with Gasteiger partial charge in [0, 0.05) is 5.92 Å². The van der Waals surface area contributed by atoms with Crippen molar-refractivity contribution in [2.24, 2.45) is 5.92 Å². The van der Waals surface area contributed by atoms with Crippen LogP contribution in [0.15, 0.2) is 77.4 Å². The highest BCUT2D eigenvalue weighted by atomic mass is 16.5. The van der Waals surface area contributed by atoms with Crippen LogP contribution in [0.2, 0.25) is 0 Å². The zero-order chi connectivity index (χ0) is 15.6. The minimum absolute atomic E-state index is 0.0880. The molecular formula is C20H16O3. The number of hydrogen-bond acceptors (Lipinski definition) is 3. The average molecular weight is 304 g/mol. The first-order valence-electron chi connectivity index (χ1n) is 7.72. The van der Waals surface area contributed by atoms with Crippen molar-refractivity contribution >= 4 is 5.97 Å². The fraction of sp³-hybridized carbons (Fsp3) is 0.150. The summed E-state index contributed by atoms with van der Waals surface area (Å²) in [6, 6.07) is 21.5. The molecule has 0 amide bonds. The third-order valence-corrected chi connectivity index (χ3v) is 4.18. The Hall–Kier alpha value is -2.81. The number of furan rings is 1. The number of carbonyl (C=O) groups is 1. The maximum Gasteiger partial charge on any atom is 0.315 e. The molecule has 0 N–H and O–H groups in total. The van der Waals surface area contributed by atoms with Crippen LogP contribution in [0.4, 0.5) is 0 Å². The van der Waals surface area contributed by atoms with E-state index >= 15 is 0 Å². The lowest BCUT2D eigenvalue weighted by Crippen LogP contribution is -2.11. The fourth-order valence-electron chi connectivity index (χ4n) is 2.81. The predicted octanol–water partition coefficient (Wildman–Crippen LogP) is 4.66. The zero-order valence-corrected chi connectivity index (χ0v) is 12.5. The lowest BCUT2D eigenvalue weighted by Gasteiger charge is -2.06. The van der Waals surface area contributed by atoms with Crippen molar-refractivity contribution in [1.82, 2.24) is 0 Å². The molecule has 1 saturated carbocycles. The van der Waals surface area contributed by atoms with Crippen LogP contribution < -0.4 is 4.74 Å². The van der Waals surface area contributed by atoms with Crippen molar-refractivity contribution in [2.75, 3.05) is 0 Å². The summed E-state index contributed by atoms with van der Waals surface area (Å²) in [5, 5.41) is 0. The highest BCUT2D eigenvalue weighted by Crippen LogP contribution is 2.48. The van der Waals surface area contributed by atoms with Crippen LogP contribution in [-0.4, -0.2) is 5.97 Å². The molecule has 1 heterocycles. The summed E-state index contributed by atoms with van der Waals surface area (Å²) < 4.78 is 10.8. The van der Waals surface area contributed by atoms with Gasteiger partial charge in [0.2, 0.25) is 0 Å². The molecule has 2 unspecified atom stereocenters. The molecule has 3 aromatic rings. The van der Waals surface area contributed by atoms with Gasteiger partial charge in [0.05, 0.1) is 12.2 Å². The van der Waals surface area contributed by atoms with Gasteiger partial charge in [-0.05, 0) is 41.8 Å². The lowest BCUT2D eigenvalue weighted by molar-refractivity contribution is -0.135. The van der Waals surface area contributed by atoms with Gasteiger partial charge in [-0.15, -0.1) is 0 Å². The van der Waals surface area contributed by atoms with E-state index in [4.69, 9.17) is 9.15 Å². The Labute approximate surface area is 134 Å². The molecule has 114 valence electrons. The molecule has 1 aliphatic rings. The van der Waals surface area contributed by atoms with Crippen LogP contribution in [0, 0.1) is 5.92 Å². The third kappa shape index (κ3) is 2.90. The van der Waals surface area contributed by atoms with Gasteiger partial charge in [-0.1, -0.05) is 42.5 Å². The van der Waals surface area contributed by atoms with Crippen molar-refractivity contribution in [2.45, 2.75) is 12.3 Å². The minimum Gasteiger partial charge on any atom is -0.469 e. The molecule has 0 aliphatic heterocycles. The number of ether oxygens (including phenoxy) is 1. The van der Waals surface area contributed by atoms with Crippen LogP contribution in [0.25, 0.3) is 11.1 Å². The van der Waals surface area contributed by atoms with E-state index in [-0.39, 0.29) is 17.8 Å². The molecule has 2 aromatic carbocycles. The Bertz CT molecular complexity index is 789. The molecule has 23 heavy (non-hydrogen) atoms. The second-order valence-electron chi connectivity index (χ2n) is 5.78. The van der Waals surface area contributed by atoms with Crippen LogP contribution in [0.5, 0.6) is 5.75 Å². The summed E-state index contributed by atoms with van der Waals surface area (Å²) in [4.78, 5) is 12.2. The first-order chi connectivity index (χ1) is 11.3. The fourth-order valence-corrected chi connectivity index (χ4v) is 2.81. The van der Waals surface area contributed by atoms with Crippen LogP contribution in [-0.2, 0) is 4.79 Å². The van der Waals surface area contributed by atoms with Crippen molar-refractivity contribution < 1.29 is 13.9 Å². The van der Waals surface area contributed by atoms with Crippen LogP contribution in [0.3, 0.4) is 0 Å². The minimum atomic E-state index is -0.182. The molecule has 2 atom stereocenters. The topological polar surface area (TPSA) is 39.4 Å². The monoisotopic (exact) mass is 304 g/mol. The second kappa shape index (κ2) is 5.76. The highest BCUT2D eigenvalue weighted by Gasteiger charge is 2.47. The summed E-state index contributed by atoms with van der Waals surface area (Å²) in [6.07, 6.45) is 2.44. The number of esters is 1. The Balaban J connectivity index is 1.41. The van der Waals surface area contributed by atoms with E-state index in [0.29, 0.717) is 5.75 Å². The van der Waals surface area contributed by atoms with E-state index in [1.807, 2.05) is 54.6 Å². The predicted molar refractivity (Wildman–Crippen MR) is 87.1 cm³/mol. The lowest BCUT2D eigenvalue weighted by atomic mass is 10.1. The Morgan fingerprint density at radius 1 is 0.913 bits per heavy atom. The maximum atomic E-state index is 12.2. The smallest absolute Gasteiger partial charge is 0.315 e. The summed E-state index contributed by atoms with van der Waals surface area (Å²) in [6.45, 7) is 0. The molecule has 1 aromatic heterocycles. The van der Waals surface area contributed by atoms with Crippen LogP contribution >= 0.6 is 0 Å². The number of benzene rings is 2. The zero-order valence-electron chi connectivity index (χ0n) is 12.5. The van der Waals surface area contributed by atoms with Gasteiger partial charge in [-0.2, -0.15) is 0 Å². The molecule has 0 bridgehead atoms. The van der Waals surface area contributed by atoms with E-state index < -0.39 is 0 Å². The normalized spacial score (nSPS) is 19.3. The summed E-state index contributed by atoms with van der Waals surface area (Å²) in [5.41, 5.74) is 2.25. The molecule has 3 heteroatoms. The third-order valence-electron chi connectivity index (χ3n) is 4.18. The summed E-state index contributed by atoms with van der Waals surface area (Å²) in [5.74, 6) is 1.35. The quantitative estimate of drug-likeness (QED) is 0.520. The van der Waals surface area contributed by atoms with Crippen molar-refractivity contribution in [3.63, 3.8) is 0 Å². The van der Waals surface area contributed by atoms with Gasteiger partial charge in [-0.25, -0.2) is 0 Å². The largest absolute Gasteiger partial charge is 0.469 e. The van der Waals surface area contributed by atoms with E-state index in [1.54, 1.807) is 6.26 Å². The molecule has 1 fully saturated rings. The molecule has 3 nitrogen and oxygen atoms in total. The van der Waals surface area contributed by atoms with Crippen molar-refractivity contribution in [3.05, 3.63) is 78.8 Å². The molecule has 0 saturated heterocycles. The first kappa shape index (κ1) is 13.8. The second-order valence-corrected chi connectivity index (χ2v) is 5.78. The number of carbonyl (C=O) groups excluding carboxylic acids is 1. The number of rotatable bonds is 4. The number of hydrogen-bond donors (Lipinski definition) is 0. The SMILES string of the molecule is O=C(Oc1ccc(-c2ccccc2)cc1)C1CC1c1ccco1. The molecule has 0 radical (unpaired) electrons. The molecule has 0 spiro atoms. The van der Waals surface area contributed by atoms with Gasteiger partial charge in [0.1, 0.15) is 11.5 Å². The summed E-state index contributed by atoms with van der Waals surface area (Å²) in [7, 11) is 0. The van der Waals surface area contributed by atoms with Crippen LogP contribution in [0.1, 0.15) is 18.1 Å². The molecule has 1 aliphatic carbocycles. The van der Waals surface area contributed by atoms with E-state index in [9.17, 15) is 4.79 Å². The Kier molecular flexibility index (Phi) is 3.46. The highest BCUT2D eigenvalue weighted by molar-refractivity contribution is 5.79. The van der Waals surface area contributed by atoms with E-state index in [1.165, 1.54) is 0 Å². The van der Waals surface area contributed by atoms with Gasteiger partial charge in [0.15, 0.2) is 0 Å². The Morgan fingerprint density at radius 2 is 1.65 bits per heavy atom. The maximum absolute atomic E-state index is 12.2. The Morgan fingerprint density at radius 3 is 2.35 bits per heavy atom. The average Bonchev–Trinajstić information content (AvgIpc) is 3.22. The van der Waals surface area contributed by atoms with E-state index in [0.717, 1.165) is 23.3 Å².